The van der Waals surface area contributed by atoms with E-state index >= 15 is 0 Å². The highest BCUT2D eigenvalue weighted by molar-refractivity contribution is 9.10. The molecule has 0 heterocycles. The first kappa shape index (κ1) is 12.2. The van der Waals surface area contributed by atoms with Crippen LogP contribution in [0.3, 0.4) is 0 Å². The van der Waals surface area contributed by atoms with Gasteiger partial charge in [-0.15, -0.1) is 0 Å². The van der Waals surface area contributed by atoms with Crippen LogP contribution in [-0.4, -0.2) is 30.9 Å². The molecule has 0 atom stereocenters. The fraction of sp³-hybridized carbons (Fsp3) is 0.364. The quantitative estimate of drug-likeness (QED) is 0.908. The average molecular weight is 271 g/mol. The number of benzene rings is 1. The maximum absolute atomic E-state index is 11.9. The first-order chi connectivity index (χ1) is 7.15. The van der Waals surface area contributed by atoms with Crippen molar-refractivity contribution < 1.29 is 4.79 Å². The first-order valence-corrected chi connectivity index (χ1v) is 5.65. The summed E-state index contributed by atoms with van der Waals surface area (Å²) in [6, 6.07) is 7.39. The summed E-state index contributed by atoms with van der Waals surface area (Å²) in [4.78, 5) is 13.6. The maximum Gasteiger partial charge on any atom is 0.253 e. The van der Waals surface area contributed by atoms with E-state index in [0.717, 1.165) is 10.9 Å². The van der Waals surface area contributed by atoms with Gasteiger partial charge in [-0.2, -0.15) is 0 Å². The minimum Gasteiger partial charge on any atom is -0.342 e. The second-order valence-corrected chi connectivity index (χ2v) is 4.29. The second kappa shape index (κ2) is 5.88. The zero-order valence-corrected chi connectivity index (χ0v) is 10.3. The van der Waals surface area contributed by atoms with E-state index in [4.69, 9.17) is 5.73 Å². The van der Waals surface area contributed by atoms with Crippen molar-refractivity contribution in [3.63, 3.8) is 0 Å². The van der Waals surface area contributed by atoms with Gasteiger partial charge in [0.15, 0.2) is 0 Å². The summed E-state index contributed by atoms with van der Waals surface area (Å²) in [5, 5.41) is 0. The van der Waals surface area contributed by atoms with Crippen molar-refractivity contribution in [3.8, 4) is 0 Å². The van der Waals surface area contributed by atoms with E-state index < -0.39 is 0 Å². The van der Waals surface area contributed by atoms with Crippen LogP contribution in [0.1, 0.15) is 16.8 Å². The minimum absolute atomic E-state index is 0.0322. The van der Waals surface area contributed by atoms with Gasteiger partial charge in [-0.1, -0.05) is 22.0 Å². The Balaban J connectivity index is 2.67. The molecule has 4 heteroatoms. The van der Waals surface area contributed by atoms with Crippen LogP contribution in [0.2, 0.25) is 0 Å². The Kier molecular flexibility index (Phi) is 4.78. The number of nitrogens with two attached hydrogens (primary N) is 1. The van der Waals surface area contributed by atoms with E-state index in [2.05, 4.69) is 15.9 Å². The van der Waals surface area contributed by atoms with Crippen molar-refractivity contribution in [2.24, 2.45) is 5.73 Å². The van der Waals surface area contributed by atoms with Crippen LogP contribution in [0, 0.1) is 0 Å². The summed E-state index contributed by atoms with van der Waals surface area (Å²) in [5.41, 5.74) is 6.09. The molecule has 0 radical (unpaired) electrons. The fourth-order valence-corrected chi connectivity index (χ4v) is 1.67. The van der Waals surface area contributed by atoms with E-state index in [1.807, 2.05) is 24.3 Å². The molecule has 0 saturated heterocycles. The van der Waals surface area contributed by atoms with E-state index in [-0.39, 0.29) is 5.91 Å². The van der Waals surface area contributed by atoms with Gasteiger partial charge in [0, 0.05) is 23.6 Å². The summed E-state index contributed by atoms with van der Waals surface area (Å²) >= 11 is 3.34. The molecule has 0 aliphatic carbocycles. The highest BCUT2D eigenvalue weighted by Gasteiger charge is 2.10. The summed E-state index contributed by atoms with van der Waals surface area (Å²) in [6.45, 7) is 1.30. The molecule has 0 unspecified atom stereocenters. The highest BCUT2D eigenvalue weighted by Crippen LogP contribution is 2.13. The molecule has 0 fully saturated rings. The second-order valence-electron chi connectivity index (χ2n) is 3.38. The number of halogens is 1. The Labute approximate surface area is 98.4 Å². The Morgan fingerprint density at radius 1 is 1.53 bits per heavy atom. The number of rotatable bonds is 4. The molecule has 1 amide bonds. The van der Waals surface area contributed by atoms with Gasteiger partial charge in [0.05, 0.1) is 0 Å². The normalized spacial score (nSPS) is 10.1. The molecular weight excluding hydrogens is 256 g/mol. The Morgan fingerprint density at radius 3 is 2.87 bits per heavy atom. The lowest BCUT2D eigenvalue weighted by atomic mass is 10.2. The van der Waals surface area contributed by atoms with Crippen molar-refractivity contribution in [2.75, 3.05) is 20.1 Å². The zero-order valence-electron chi connectivity index (χ0n) is 8.74. The summed E-state index contributed by atoms with van der Waals surface area (Å²) in [7, 11) is 1.79. The van der Waals surface area contributed by atoms with Crippen LogP contribution in [0.5, 0.6) is 0 Å². The number of carbonyl (C=O) groups is 1. The van der Waals surface area contributed by atoms with E-state index in [1.54, 1.807) is 11.9 Å². The van der Waals surface area contributed by atoms with Crippen molar-refractivity contribution in [1.29, 1.82) is 0 Å². The van der Waals surface area contributed by atoms with Gasteiger partial charge in [0.25, 0.3) is 5.91 Å². The Hall–Kier alpha value is -0.870. The van der Waals surface area contributed by atoms with Crippen LogP contribution < -0.4 is 5.73 Å². The molecule has 0 spiro atoms. The summed E-state index contributed by atoms with van der Waals surface area (Å²) < 4.78 is 0.917. The fourth-order valence-electron chi connectivity index (χ4n) is 1.27. The monoisotopic (exact) mass is 270 g/mol. The zero-order chi connectivity index (χ0) is 11.3. The molecule has 2 N–H and O–H groups in total. The van der Waals surface area contributed by atoms with Crippen molar-refractivity contribution in [1.82, 2.24) is 4.90 Å². The number of carbonyl (C=O) groups excluding carboxylic acids is 1. The minimum atomic E-state index is 0.0322. The predicted octanol–water partition coefficient (Wildman–Crippen LogP) is 1.87. The molecule has 82 valence electrons. The molecule has 0 aliphatic rings. The molecule has 1 aromatic rings. The maximum atomic E-state index is 11.9. The predicted molar refractivity (Wildman–Crippen MR) is 64.8 cm³/mol. The number of hydrogen-bond acceptors (Lipinski definition) is 2. The number of amides is 1. The smallest absolute Gasteiger partial charge is 0.253 e. The van der Waals surface area contributed by atoms with Gasteiger partial charge in [0.2, 0.25) is 0 Å². The van der Waals surface area contributed by atoms with Crippen molar-refractivity contribution in [3.05, 3.63) is 34.3 Å². The van der Waals surface area contributed by atoms with Gasteiger partial charge < -0.3 is 10.6 Å². The lowest BCUT2D eigenvalue weighted by Gasteiger charge is -2.16. The third-order valence-corrected chi connectivity index (χ3v) is 2.61. The number of hydrogen-bond donors (Lipinski definition) is 1. The van der Waals surface area contributed by atoms with Crippen LogP contribution in [0.15, 0.2) is 28.7 Å². The van der Waals surface area contributed by atoms with E-state index in [0.29, 0.717) is 18.7 Å². The van der Waals surface area contributed by atoms with Gasteiger partial charge in [-0.05, 0) is 31.2 Å². The van der Waals surface area contributed by atoms with Crippen molar-refractivity contribution in [2.45, 2.75) is 6.42 Å². The van der Waals surface area contributed by atoms with Crippen LogP contribution in [0.25, 0.3) is 0 Å². The summed E-state index contributed by atoms with van der Waals surface area (Å²) in [5.74, 6) is 0.0322. The van der Waals surface area contributed by atoms with E-state index in [9.17, 15) is 4.79 Å². The molecular formula is C11H15BrN2O. The molecule has 0 aliphatic heterocycles. The highest BCUT2D eigenvalue weighted by atomic mass is 79.9. The van der Waals surface area contributed by atoms with Crippen LogP contribution >= 0.6 is 15.9 Å². The number of nitrogens with zero attached hydrogens (tertiary/aromatic N) is 1. The first-order valence-electron chi connectivity index (χ1n) is 4.86. The summed E-state index contributed by atoms with van der Waals surface area (Å²) in [6.07, 6.45) is 0.830. The molecule has 1 aromatic carbocycles. The molecule has 3 nitrogen and oxygen atoms in total. The molecule has 0 aromatic heterocycles. The third kappa shape index (κ3) is 3.64. The van der Waals surface area contributed by atoms with Gasteiger partial charge in [0.1, 0.15) is 0 Å². The SMILES string of the molecule is CN(CCCN)C(=O)c1cccc(Br)c1. The lowest BCUT2D eigenvalue weighted by molar-refractivity contribution is 0.0794. The van der Waals surface area contributed by atoms with Crippen LogP contribution in [-0.2, 0) is 0 Å². The molecule has 0 saturated carbocycles. The molecule has 1 rings (SSSR count). The van der Waals surface area contributed by atoms with E-state index in [1.165, 1.54) is 0 Å². The molecule has 15 heavy (non-hydrogen) atoms. The Morgan fingerprint density at radius 2 is 2.27 bits per heavy atom. The van der Waals surface area contributed by atoms with Crippen LogP contribution in [0.4, 0.5) is 0 Å². The van der Waals surface area contributed by atoms with Gasteiger partial charge >= 0.3 is 0 Å². The Bertz CT molecular complexity index is 341. The third-order valence-electron chi connectivity index (χ3n) is 2.12. The van der Waals surface area contributed by atoms with Gasteiger partial charge in [-0.3, -0.25) is 4.79 Å². The topological polar surface area (TPSA) is 46.3 Å². The lowest BCUT2D eigenvalue weighted by Crippen LogP contribution is -2.28. The largest absolute Gasteiger partial charge is 0.342 e. The average Bonchev–Trinajstić information content (AvgIpc) is 2.24. The standard InChI is InChI=1S/C11H15BrN2O/c1-14(7-3-6-13)11(15)9-4-2-5-10(12)8-9/h2,4-5,8H,3,6-7,13H2,1H3. The molecule has 0 bridgehead atoms. The van der Waals surface area contributed by atoms with Crippen molar-refractivity contribution >= 4 is 21.8 Å². The van der Waals surface area contributed by atoms with Gasteiger partial charge in [-0.25, -0.2) is 0 Å².